The summed E-state index contributed by atoms with van der Waals surface area (Å²) in [6.07, 6.45) is 5.52. The molecule has 0 aromatic rings. The Hall–Kier alpha value is -0.180. The summed E-state index contributed by atoms with van der Waals surface area (Å²) in [5, 5.41) is 0.130. The van der Waals surface area contributed by atoms with E-state index in [-0.39, 0.29) is 11.2 Å². The number of carbonyl (C=O) groups is 1. The molecule has 1 unspecified atom stereocenters. The lowest BCUT2D eigenvalue weighted by atomic mass is 10.2. The van der Waals surface area contributed by atoms with Crippen molar-refractivity contribution >= 4 is 17.7 Å². The van der Waals surface area contributed by atoms with Gasteiger partial charge in [-0.3, -0.25) is 4.79 Å². The molecule has 1 saturated heterocycles. The van der Waals surface area contributed by atoms with Crippen LogP contribution in [0.5, 0.6) is 0 Å². The first-order valence-electron chi connectivity index (χ1n) is 5.13. The Morgan fingerprint density at radius 3 is 3.00 bits per heavy atom. The number of thioether (sulfide) groups is 1. The molecule has 0 amide bonds. The molecule has 0 N–H and O–H groups in total. The Morgan fingerprint density at radius 1 is 1.54 bits per heavy atom. The molecule has 0 saturated carbocycles. The van der Waals surface area contributed by atoms with Gasteiger partial charge in [0.15, 0.2) is 0 Å². The lowest BCUT2D eigenvalue weighted by Crippen LogP contribution is -2.23. The third-order valence-corrected chi connectivity index (χ3v) is 3.54. The van der Waals surface area contributed by atoms with Crippen molar-refractivity contribution in [3.8, 4) is 0 Å². The molecular weight excluding hydrogens is 184 g/mol. The number of ether oxygens (including phenoxy) is 1. The zero-order valence-corrected chi connectivity index (χ0v) is 9.07. The minimum Gasteiger partial charge on any atom is -0.465 e. The van der Waals surface area contributed by atoms with Gasteiger partial charge in [-0.25, -0.2) is 0 Å². The van der Waals surface area contributed by atoms with Crippen LogP contribution in [0.15, 0.2) is 0 Å². The fourth-order valence-electron chi connectivity index (χ4n) is 1.34. The molecule has 0 aromatic heterocycles. The van der Waals surface area contributed by atoms with E-state index in [0.29, 0.717) is 6.61 Å². The van der Waals surface area contributed by atoms with Gasteiger partial charge in [0, 0.05) is 0 Å². The van der Waals surface area contributed by atoms with E-state index in [0.717, 1.165) is 25.0 Å². The van der Waals surface area contributed by atoms with Crippen molar-refractivity contribution in [2.24, 2.45) is 0 Å². The van der Waals surface area contributed by atoms with E-state index in [1.807, 2.05) is 0 Å². The van der Waals surface area contributed by atoms with E-state index in [4.69, 9.17) is 4.74 Å². The molecule has 1 aliphatic rings. The second kappa shape index (κ2) is 6.30. The number of carbonyl (C=O) groups excluding carboxylic acids is 1. The highest BCUT2D eigenvalue weighted by atomic mass is 32.2. The molecule has 0 radical (unpaired) electrons. The van der Waals surface area contributed by atoms with Gasteiger partial charge in [0.2, 0.25) is 0 Å². The Labute approximate surface area is 84.4 Å². The Kier molecular flexibility index (Phi) is 5.28. The third-order valence-electron chi connectivity index (χ3n) is 2.18. The van der Waals surface area contributed by atoms with Crippen LogP contribution in [0.25, 0.3) is 0 Å². The van der Waals surface area contributed by atoms with Crippen LogP contribution in [-0.2, 0) is 9.53 Å². The van der Waals surface area contributed by atoms with Crippen molar-refractivity contribution < 1.29 is 9.53 Å². The van der Waals surface area contributed by atoms with Crippen molar-refractivity contribution in [1.29, 1.82) is 0 Å². The quantitative estimate of drug-likeness (QED) is 0.518. The summed E-state index contributed by atoms with van der Waals surface area (Å²) in [6, 6.07) is 0. The topological polar surface area (TPSA) is 26.3 Å². The number of unbranched alkanes of at least 4 members (excludes halogenated alkanes) is 1. The molecule has 76 valence electrons. The average molecular weight is 202 g/mol. The largest absolute Gasteiger partial charge is 0.465 e. The molecule has 0 aliphatic carbocycles. The van der Waals surface area contributed by atoms with Gasteiger partial charge >= 0.3 is 5.97 Å². The highest BCUT2D eigenvalue weighted by Crippen LogP contribution is 2.25. The Balaban J connectivity index is 2.13. The first kappa shape index (κ1) is 10.9. The van der Waals surface area contributed by atoms with Gasteiger partial charge in [0.1, 0.15) is 5.25 Å². The van der Waals surface area contributed by atoms with Crippen molar-refractivity contribution in [3.63, 3.8) is 0 Å². The number of hydrogen-bond acceptors (Lipinski definition) is 3. The molecule has 1 aliphatic heterocycles. The molecule has 3 heteroatoms. The van der Waals surface area contributed by atoms with Crippen LogP contribution < -0.4 is 0 Å². The molecule has 1 heterocycles. The van der Waals surface area contributed by atoms with Gasteiger partial charge in [0.25, 0.3) is 0 Å². The Morgan fingerprint density at radius 2 is 2.38 bits per heavy atom. The summed E-state index contributed by atoms with van der Waals surface area (Å²) < 4.78 is 5.16. The van der Waals surface area contributed by atoms with E-state index in [9.17, 15) is 4.79 Å². The molecular formula is C10H18O2S. The standard InChI is InChI=1S/C10H18O2S/c1-2-3-7-12-10(11)9-6-4-5-8-13-9/h9H,2-8H2,1H3. The zero-order valence-electron chi connectivity index (χ0n) is 8.25. The summed E-state index contributed by atoms with van der Waals surface area (Å²) in [7, 11) is 0. The second-order valence-electron chi connectivity index (χ2n) is 3.38. The summed E-state index contributed by atoms with van der Waals surface area (Å²) in [5.41, 5.74) is 0. The van der Waals surface area contributed by atoms with E-state index in [1.165, 1.54) is 12.8 Å². The summed E-state index contributed by atoms with van der Waals surface area (Å²) in [5.74, 6) is 1.13. The van der Waals surface area contributed by atoms with Crippen LogP contribution in [0.2, 0.25) is 0 Å². The van der Waals surface area contributed by atoms with Crippen LogP contribution in [0.1, 0.15) is 39.0 Å². The maximum atomic E-state index is 11.4. The highest BCUT2D eigenvalue weighted by Gasteiger charge is 2.22. The molecule has 1 rings (SSSR count). The van der Waals surface area contributed by atoms with Gasteiger partial charge in [-0.1, -0.05) is 19.8 Å². The van der Waals surface area contributed by atoms with Gasteiger partial charge < -0.3 is 4.74 Å². The molecule has 1 atom stereocenters. The number of hydrogen-bond donors (Lipinski definition) is 0. The molecule has 0 aromatic carbocycles. The maximum absolute atomic E-state index is 11.4. The molecule has 0 bridgehead atoms. The summed E-state index contributed by atoms with van der Waals surface area (Å²) in [6.45, 7) is 2.70. The molecule has 0 spiro atoms. The lowest BCUT2D eigenvalue weighted by molar-refractivity contribution is -0.143. The van der Waals surface area contributed by atoms with Crippen LogP contribution >= 0.6 is 11.8 Å². The summed E-state index contributed by atoms with van der Waals surface area (Å²) in [4.78, 5) is 11.4. The normalized spacial score (nSPS) is 22.7. The van der Waals surface area contributed by atoms with Gasteiger partial charge in [-0.2, -0.15) is 0 Å². The first-order valence-corrected chi connectivity index (χ1v) is 6.17. The van der Waals surface area contributed by atoms with E-state index in [2.05, 4.69) is 6.92 Å². The minimum atomic E-state index is 0.0122. The van der Waals surface area contributed by atoms with Gasteiger partial charge in [0.05, 0.1) is 6.61 Å². The van der Waals surface area contributed by atoms with Crippen LogP contribution in [0, 0.1) is 0 Å². The highest BCUT2D eigenvalue weighted by molar-refractivity contribution is 8.00. The minimum absolute atomic E-state index is 0.0122. The smallest absolute Gasteiger partial charge is 0.319 e. The van der Waals surface area contributed by atoms with E-state index < -0.39 is 0 Å². The predicted octanol–water partition coefficient (Wildman–Crippen LogP) is 2.62. The van der Waals surface area contributed by atoms with Crippen molar-refractivity contribution in [1.82, 2.24) is 0 Å². The van der Waals surface area contributed by atoms with Crippen molar-refractivity contribution in [2.75, 3.05) is 12.4 Å². The summed E-state index contributed by atoms with van der Waals surface area (Å²) >= 11 is 1.75. The van der Waals surface area contributed by atoms with Crippen LogP contribution in [0.3, 0.4) is 0 Å². The van der Waals surface area contributed by atoms with Crippen LogP contribution in [0.4, 0.5) is 0 Å². The molecule has 1 fully saturated rings. The SMILES string of the molecule is CCCCOC(=O)C1CCCCS1. The molecule has 2 nitrogen and oxygen atoms in total. The van der Waals surface area contributed by atoms with E-state index >= 15 is 0 Å². The van der Waals surface area contributed by atoms with Gasteiger partial charge in [-0.05, 0) is 25.0 Å². The maximum Gasteiger partial charge on any atom is 0.319 e. The van der Waals surface area contributed by atoms with Crippen molar-refractivity contribution in [2.45, 2.75) is 44.3 Å². The predicted molar refractivity (Wildman–Crippen MR) is 56.0 cm³/mol. The first-order chi connectivity index (χ1) is 6.34. The fourth-order valence-corrected chi connectivity index (χ4v) is 2.53. The lowest BCUT2D eigenvalue weighted by Gasteiger charge is -2.19. The van der Waals surface area contributed by atoms with Crippen LogP contribution in [-0.4, -0.2) is 23.6 Å². The molecule has 13 heavy (non-hydrogen) atoms. The Bertz CT molecular complexity index is 153. The number of esters is 1. The van der Waals surface area contributed by atoms with Gasteiger partial charge in [-0.15, -0.1) is 11.8 Å². The zero-order chi connectivity index (χ0) is 9.52. The second-order valence-corrected chi connectivity index (χ2v) is 4.69. The third kappa shape index (κ3) is 4.03. The fraction of sp³-hybridized carbons (Fsp3) is 0.900. The van der Waals surface area contributed by atoms with Crippen molar-refractivity contribution in [3.05, 3.63) is 0 Å². The van der Waals surface area contributed by atoms with E-state index in [1.54, 1.807) is 11.8 Å². The monoisotopic (exact) mass is 202 g/mol. The average Bonchev–Trinajstić information content (AvgIpc) is 2.19. The number of rotatable bonds is 4.